The Morgan fingerprint density at radius 2 is 1.85 bits per heavy atom. The standard InChI is InChI=1S/C34H32ClF3N8/c1-20-24(21-8-12-40-13-9-21)6-5-7-25(20)31(28-18-46(45-44-28)33(10-11-33)34(36,37)38)43-23-14-26-29(42-19-32(2,3)4)22(16-39)17-41-30(26)27(35)15-23/h5-9,12-15,17-18,31,43H,10-11,19H2,1-4H3,(H,41,42). The van der Waals surface area contributed by atoms with E-state index in [9.17, 15) is 18.4 Å². The number of halogens is 4. The van der Waals surface area contributed by atoms with Crippen LogP contribution in [-0.2, 0) is 5.54 Å². The molecule has 0 aliphatic heterocycles. The molecule has 0 amide bonds. The number of hydrogen-bond donors (Lipinski definition) is 2. The molecule has 1 unspecified atom stereocenters. The molecule has 0 saturated heterocycles. The van der Waals surface area contributed by atoms with Gasteiger partial charge >= 0.3 is 6.18 Å². The summed E-state index contributed by atoms with van der Waals surface area (Å²) in [5, 5.41) is 26.0. The second-order valence-corrected chi connectivity index (χ2v) is 13.3. The first kappa shape index (κ1) is 31.3. The second-order valence-electron chi connectivity index (χ2n) is 12.9. The van der Waals surface area contributed by atoms with Gasteiger partial charge < -0.3 is 10.6 Å². The lowest BCUT2D eigenvalue weighted by Gasteiger charge is -2.24. The van der Waals surface area contributed by atoms with Gasteiger partial charge in [0.05, 0.1) is 34.0 Å². The minimum absolute atomic E-state index is 0.0488. The number of alkyl halides is 3. The normalized spacial score (nSPS) is 14.9. The molecule has 2 N–H and O–H groups in total. The molecule has 3 heterocycles. The van der Waals surface area contributed by atoms with Gasteiger partial charge in [-0.1, -0.05) is 55.8 Å². The van der Waals surface area contributed by atoms with Crippen LogP contribution in [0.25, 0.3) is 22.0 Å². The second kappa shape index (κ2) is 11.6. The van der Waals surface area contributed by atoms with Crippen LogP contribution < -0.4 is 10.6 Å². The van der Waals surface area contributed by atoms with Gasteiger partial charge in [0, 0.05) is 36.2 Å². The van der Waals surface area contributed by atoms with Gasteiger partial charge in [0.25, 0.3) is 0 Å². The van der Waals surface area contributed by atoms with Crippen molar-refractivity contribution in [3.63, 3.8) is 0 Å². The van der Waals surface area contributed by atoms with Crippen molar-refractivity contribution in [3.8, 4) is 17.2 Å². The average molecular weight is 645 g/mol. The Balaban J connectivity index is 1.49. The highest BCUT2D eigenvalue weighted by atomic mass is 35.5. The first-order valence-corrected chi connectivity index (χ1v) is 15.2. The first-order chi connectivity index (χ1) is 21.8. The van der Waals surface area contributed by atoms with E-state index in [1.165, 1.54) is 12.4 Å². The molecule has 1 fully saturated rings. The lowest BCUT2D eigenvalue weighted by Crippen LogP contribution is -2.35. The van der Waals surface area contributed by atoms with Crippen molar-refractivity contribution >= 4 is 33.9 Å². The van der Waals surface area contributed by atoms with Crippen LogP contribution in [0.2, 0.25) is 5.02 Å². The molecule has 2 aromatic carbocycles. The monoisotopic (exact) mass is 644 g/mol. The number of nitrogens with one attached hydrogen (secondary N) is 2. The van der Waals surface area contributed by atoms with Crippen LogP contribution in [0.4, 0.5) is 24.5 Å². The number of benzene rings is 2. The smallest absolute Gasteiger partial charge is 0.383 e. The van der Waals surface area contributed by atoms with E-state index >= 15 is 0 Å². The van der Waals surface area contributed by atoms with Crippen LogP contribution in [0, 0.1) is 23.7 Å². The minimum Gasteiger partial charge on any atom is -0.383 e. The Bertz CT molecular complexity index is 1950. The first-order valence-electron chi connectivity index (χ1n) is 14.8. The molecule has 8 nitrogen and oxygen atoms in total. The fourth-order valence-corrected chi connectivity index (χ4v) is 5.91. The van der Waals surface area contributed by atoms with Crippen LogP contribution in [0.15, 0.2) is 67.3 Å². The Labute approximate surface area is 269 Å². The van der Waals surface area contributed by atoms with Gasteiger partial charge in [-0.15, -0.1) is 5.10 Å². The molecule has 0 radical (unpaired) electrons. The third-order valence-corrected chi connectivity index (χ3v) is 8.61. The van der Waals surface area contributed by atoms with Gasteiger partial charge in [-0.25, -0.2) is 4.68 Å². The van der Waals surface area contributed by atoms with Crippen molar-refractivity contribution in [1.82, 2.24) is 25.0 Å². The molecule has 0 spiro atoms. The minimum atomic E-state index is -4.45. The maximum atomic E-state index is 14.0. The Morgan fingerprint density at radius 3 is 2.50 bits per heavy atom. The van der Waals surface area contributed by atoms with Gasteiger partial charge in [-0.3, -0.25) is 9.97 Å². The Morgan fingerprint density at radius 1 is 1.11 bits per heavy atom. The Hall–Kier alpha value is -4.69. The zero-order valence-corrected chi connectivity index (χ0v) is 26.5. The van der Waals surface area contributed by atoms with Crippen LogP contribution >= 0.6 is 11.6 Å². The van der Waals surface area contributed by atoms with Crippen molar-refractivity contribution in [2.45, 2.75) is 58.3 Å². The predicted octanol–water partition coefficient (Wildman–Crippen LogP) is 8.43. The van der Waals surface area contributed by atoms with Gasteiger partial charge in [0.2, 0.25) is 0 Å². The molecule has 1 aliphatic rings. The number of fused-ring (bicyclic) bond motifs is 1. The maximum absolute atomic E-state index is 14.0. The number of anilines is 2. The zero-order chi connectivity index (χ0) is 32.9. The summed E-state index contributed by atoms with van der Waals surface area (Å²) in [6.45, 7) is 8.80. The molecule has 1 atom stereocenters. The third kappa shape index (κ3) is 5.85. The number of pyridine rings is 2. The number of nitriles is 1. The zero-order valence-electron chi connectivity index (χ0n) is 25.7. The fraction of sp³-hybridized carbons (Fsp3) is 0.324. The van der Waals surface area contributed by atoms with E-state index in [1.54, 1.807) is 18.5 Å². The number of hydrogen-bond acceptors (Lipinski definition) is 7. The lowest BCUT2D eigenvalue weighted by molar-refractivity contribution is -0.182. The summed E-state index contributed by atoms with van der Waals surface area (Å²) < 4.78 is 43.1. The summed E-state index contributed by atoms with van der Waals surface area (Å²) in [5.41, 5.74) is 3.85. The van der Waals surface area contributed by atoms with Crippen molar-refractivity contribution in [2.24, 2.45) is 5.41 Å². The van der Waals surface area contributed by atoms with Crippen molar-refractivity contribution in [2.75, 3.05) is 17.2 Å². The molecular weight excluding hydrogens is 613 g/mol. The van der Waals surface area contributed by atoms with Crippen molar-refractivity contribution in [3.05, 3.63) is 94.7 Å². The quantitative estimate of drug-likeness (QED) is 0.175. The lowest BCUT2D eigenvalue weighted by atomic mass is 9.92. The van der Waals surface area contributed by atoms with Crippen molar-refractivity contribution < 1.29 is 13.2 Å². The highest BCUT2D eigenvalue weighted by molar-refractivity contribution is 6.35. The fourth-order valence-electron chi connectivity index (χ4n) is 5.64. The van der Waals surface area contributed by atoms with Gasteiger partial charge in [0.1, 0.15) is 11.8 Å². The van der Waals surface area contributed by atoms with Gasteiger partial charge in [0.15, 0.2) is 5.54 Å². The van der Waals surface area contributed by atoms with E-state index in [0.29, 0.717) is 45.1 Å². The maximum Gasteiger partial charge on any atom is 0.413 e. The largest absolute Gasteiger partial charge is 0.413 e. The van der Waals surface area contributed by atoms with Crippen LogP contribution in [0.3, 0.4) is 0 Å². The summed E-state index contributed by atoms with van der Waals surface area (Å²) in [5.74, 6) is 0. The molecular formula is C34H32ClF3N8. The summed E-state index contributed by atoms with van der Waals surface area (Å²) in [6.07, 6.45) is 1.74. The molecule has 5 aromatic rings. The van der Waals surface area contributed by atoms with Gasteiger partial charge in [-0.05, 0) is 71.7 Å². The molecule has 1 aliphatic carbocycles. The number of rotatable bonds is 8. The molecule has 3 aromatic heterocycles. The number of aromatic nitrogens is 5. The summed E-state index contributed by atoms with van der Waals surface area (Å²) in [6, 6.07) is 14.7. The SMILES string of the molecule is Cc1c(-c2ccncc2)cccc1C(Nc1cc(Cl)c2ncc(C#N)c(NCC(C)(C)C)c2c1)c1cn(C2(C(F)(F)F)CC2)nn1. The van der Waals surface area contributed by atoms with E-state index < -0.39 is 17.8 Å². The highest BCUT2D eigenvalue weighted by Gasteiger charge is 2.66. The molecule has 236 valence electrons. The molecule has 46 heavy (non-hydrogen) atoms. The van der Waals surface area contributed by atoms with Crippen LogP contribution in [-0.4, -0.2) is 37.7 Å². The average Bonchev–Trinajstić information content (AvgIpc) is 3.70. The van der Waals surface area contributed by atoms with E-state index in [0.717, 1.165) is 26.9 Å². The Kier molecular flexibility index (Phi) is 7.89. The third-order valence-electron chi connectivity index (χ3n) is 8.33. The van der Waals surface area contributed by atoms with E-state index in [2.05, 4.69) is 57.8 Å². The number of nitrogens with zero attached hydrogens (tertiary/aromatic N) is 6. The summed E-state index contributed by atoms with van der Waals surface area (Å²) >= 11 is 6.78. The molecule has 1 saturated carbocycles. The van der Waals surface area contributed by atoms with E-state index in [4.69, 9.17) is 11.6 Å². The van der Waals surface area contributed by atoms with Crippen LogP contribution in [0.1, 0.15) is 62.0 Å². The van der Waals surface area contributed by atoms with E-state index in [-0.39, 0.29) is 18.3 Å². The summed E-state index contributed by atoms with van der Waals surface area (Å²) in [7, 11) is 0. The summed E-state index contributed by atoms with van der Waals surface area (Å²) in [4.78, 5) is 8.58. The highest BCUT2D eigenvalue weighted by Crippen LogP contribution is 2.55. The van der Waals surface area contributed by atoms with Gasteiger partial charge in [-0.2, -0.15) is 18.4 Å². The predicted molar refractivity (Wildman–Crippen MR) is 173 cm³/mol. The molecule has 12 heteroatoms. The topological polar surface area (TPSA) is 104 Å². The van der Waals surface area contributed by atoms with E-state index in [1.807, 2.05) is 43.3 Å². The van der Waals surface area contributed by atoms with Crippen LogP contribution in [0.5, 0.6) is 0 Å². The molecule has 6 rings (SSSR count). The molecule has 0 bridgehead atoms. The van der Waals surface area contributed by atoms with Crippen molar-refractivity contribution in [1.29, 1.82) is 5.26 Å².